The Morgan fingerprint density at radius 3 is 2.52 bits per heavy atom. The van der Waals surface area contributed by atoms with Gasteiger partial charge >= 0.3 is 25.2 Å². The van der Waals surface area contributed by atoms with Crippen LogP contribution in [0.1, 0.15) is 38.3 Å². The Bertz CT molecular complexity index is 448. The van der Waals surface area contributed by atoms with Gasteiger partial charge in [-0.25, -0.2) is 0 Å². The second-order valence-corrected chi connectivity index (χ2v) is 5.12. The number of halogens is 1. The molecule has 1 aromatic heterocycles. The first-order chi connectivity index (χ1) is 10.3. The monoisotopic (exact) mass is 374 g/mol. The zero-order valence-corrected chi connectivity index (χ0v) is 14.5. The fourth-order valence-corrected chi connectivity index (χ4v) is 2.34. The summed E-state index contributed by atoms with van der Waals surface area (Å²) >= 11 is 9.05. The average molecular weight is 375 g/mol. The summed E-state index contributed by atoms with van der Waals surface area (Å²) in [5.41, 5.74) is 4.70. The molecule has 0 saturated carbocycles. The summed E-state index contributed by atoms with van der Waals surface area (Å²) in [4.78, 5) is 6.46. The Hall–Kier alpha value is -0.681. The van der Waals surface area contributed by atoms with Crippen LogP contribution in [0, 0.1) is 0 Å². The number of nitrogens with one attached hydrogen (secondary N) is 1. The van der Waals surface area contributed by atoms with E-state index < -0.39 is 0 Å². The van der Waals surface area contributed by atoms with E-state index in [0.29, 0.717) is 0 Å². The van der Waals surface area contributed by atoms with Gasteiger partial charge in [0.15, 0.2) is 5.11 Å². The van der Waals surface area contributed by atoms with Crippen molar-refractivity contribution >= 4 is 33.1 Å². The molecule has 1 N–H and O–H groups in total. The van der Waals surface area contributed by atoms with E-state index in [2.05, 4.69) is 45.6 Å². The van der Waals surface area contributed by atoms with Crippen LogP contribution < -0.4 is 5.43 Å². The van der Waals surface area contributed by atoms with E-state index in [1.807, 2.05) is 25.1 Å². The maximum absolute atomic E-state index is 5.39. The molecule has 1 aromatic rings. The van der Waals surface area contributed by atoms with Crippen molar-refractivity contribution in [2.24, 2.45) is 5.10 Å². The van der Waals surface area contributed by atoms with Gasteiger partial charge in [0.2, 0.25) is 0 Å². The summed E-state index contributed by atoms with van der Waals surface area (Å²) in [6.07, 6.45) is 6.79. The maximum atomic E-state index is 5.39. The number of thiocarbonyl (C=S) groups is 1. The van der Waals surface area contributed by atoms with Crippen molar-refractivity contribution in [2.75, 3.05) is 13.1 Å². The summed E-state index contributed by atoms with van der Waals surface area (Å²) in [6.45, 7) is 3.99. The molecule has 0 aromatic carbocycles. The summed E-state index contributed by atoms with van der Waals surface area (Å²) in [5, 5.41) is 5.04. The van der Waals surface area contributed by atoms with Gasteiger partial charge in [-0.3, -0.25) is 10.4 Å². The second-order valence-electron chi connectivity index (χ2n) is 4.73. The summed E-state index contributed by atoms with van der Waals surface area (Å²) < 4.78 is 0. The van der Waals surface area contributed by atoms with Gasteiger partial charge < -0.3 is 4.90 Å². The molecule has 0 atom stereocenters. The number of nitrogens with zero attached hydrogens (tertiary/aromatic N) is 3. The van der Waals surface area contributed by atoms with E-state index >= 15 is 0 Å². The summed E-state index contributed by atoms with van der Waals surface area (Å²) in [6, 6.07) is 5.79. The molecule has 2 rings (SSSR count). The van der Waals surface area contributed by atoms with Crippen molar-refractivity contribution in [1.82, 2.24) is 15.3 Å². The number of hydrazone groups is 1. The molecule has 0 amide bonds. The van der Waals surface area contributed by atoms with E-state index in [4.69, 9.17) is 12.2 Å². The van der Waals surface area contributed by atoms with Crippen LogP contribution in [-0.2, 0) is 15.1 Å². The molecule has 2 heterocycles. The van der Waals surface area contributed by atoms with Crippen molar-refractivity contribution in [3.63, 3.8) is 0 Å². The van der Waals surface area contributed by atoms with Gasteiger partial charge in [-0.05, 0) is 44.1 Å². The fraction of sp³-hybridized carbons (Fsp3) is 0.500. The van der Waals surface area contributed by atoms with Gasteiger partial charge in [-0.15, -0.1) is 0 Å². The molecule has 0 unspecified atom stereocenters. The van der Waals surface area contributed by atoms with Gasteiger partial charge in [-0.2, -0.15) is 5.10 Å². The number of hydrogen-bond donors (Lipinski definition) is 1. The molecule has 4 nitrogen and oxygen atoms in total. The number of hydrogen-bond acceptors (Lipinski definition) is 3. The molecule has 21 heavy (non-hydrogen) atoms. The normalized spacial score (nSPS) is 15.6. The van der Waals surface area contributed by atoms with Gasteiger partial charge in [0.05, 0.1) is 11.4 Å². The molecule has 0 bridgehead atoms. The van der Waals surface area contributed by atoms with Crippen molar-refractivity contribution in [3.8, 4) is 0 Å². The molecule has 1 fully saturated rings. The van der Waals surface area contributed by atoms with Crippen LogP contribution in [0.5, 0.6) is 0 Å². The number of aromatic nitrogens is 1. The van der Waals surface area contributed by atoms with Crippen LogP contribution in [0.3, 0.4) is 0 Å². The Morgan fingerprint density at radius 2 is 1.95 bits per heavy atom. The van der Waals surface area contributed by atoms with Crippen molar-refractivity contribution in [1.29, 1.82) is 0 Å². The fourth-order valence-electron chi connectivity index (χ4n) is 2.11. The molecule has 0 spiro atoms. The Labute approximate surface area is 144 Å². The topological polar surface area (TPSA) is 40.5 Å². The SMILES string of the molecule is CC(=NNC(=S)N1CCCCCC1)c1ccccn1.[Cl][Cu]. The second kappa shape index (κ2) is 11.0. The van der Waals surface area contributed by atoms with Gasteiger partial charge in [0.25, 0.3) is 0 Å². The molecule has 120 valence electrons. The van der Waals surface area contributed by atoms with Gasteiger partial charge in [-0.1, -0.05) is 18.9 Å². The van der Waals surface area contributed by atoms with E-state index in [9.17, 15) is 0 Å². The molecule has 1 aliphatic rings. The predicted octanol–water partition coefficient (Wildman–Crippen LogP) is 3.24. The Morgan fingerprint density at radius 1 is 1.29 bits per heavy atom. The quantitative estimate of drug-likeness (QED) is 0.373. The molecule has 0 aliphatic carbocycles. The third kappa shape index (κ3) is 6.74. The summed E-state index contributed by atoms with van der Waals surface area (Å²) in [5.74, 6) is 0. The number of likely N-dealkylation sites (tertiary alicyclic amines) is 1. The first kappa shape index (κ1) is 18.4. The van der Waals surface area contributed by atoms with Crippen molar-refractivity contribution in [2.45, 2.75) is 32.6 Å². The minimum absolute atomic E-state index is 0.720. The number of pyridine rings is 1. The average Bonchev–Trinajstić information content (AvgIpc) is 2.84. The van der Waals surface area contributed by atoms with Crippen LogP contribution in [0.4, 0.5) is 0 Å². The minimum atomic E-state index is 0.720. The zero-order valence-electron chi connectivity index (χ0n) is 12.0. The van der Waals surface area contributed by atoms with Crippen LogP contribution in [-0.4, -0.2) is 33.8 Å². The van der Waals surface area contributed by atoms with Crippen LogP contribution >= 0.6 is 22.3 Å². The van der Waals surface area contributed by atoms with Gasteiger partial charge in [0.1, 0.15) is 0 Å². The third-order valence-electron chi connectivity index (χ3n) is 3.25. The van der Waals surface area contributed by atoms with E-state index in [-0.39, 0.29) is 0 Å². The van der Waals surface area contributed by atoms with E-state index in [0.717, 1.165) is 29.6 Å². The Kier molecular flexibility index (Phi) is 9.59. The molecule has 0 radical (unpaired) electrons. The first-order valence-electron chi connectivity index (χ1n) is 6.89. The van der Waals surface area contributed by atoms with Crippen LogP contribution in [0.2, 0.25) is 0 Å². The van der Waals surface area contributed by atoms with Crippen molar-refractivity contribution < 1.29 is 15.1 Å². The first-order valence-corrected chi connectivity index (χ1v) is 8.60. The zero-order chi connectivity index (χ0) is 15.5. The van der Waals surface area contributed by atoms with Gasteiger partial charge in [0, 0.05) is 19.3 Å². The third-order valence-corrected chi connectivity index (χ3v) is 3.60. The van der Waals surface area contributed by atoms with E-state index in [1.54, 1.807) is 6.20 Å². The predicted molar refractivity (Wildman–Crippen MR) is 88.1 cm³/mol. The molecule has 1 saturated heterocycles. The molecule has 7 heteroatoms. The molecular weight excluding hydrogens is 355 g/mol. The Balaban J connectivity index is 0.00000106. The standard InChI is InChI=1S/C14H20N4S.ClH.Cu/c1-12(13-8-4-5-9-15-13)16-17-14(19)18-10-6-2-3-7-11-18;;/h4-5,8-9H,2-3,6-7,10-11H2,1H3,(H,17,19);1H;/q;;+1/p-1. The summed E-state index contributed by atoms with van der Waals surface area (Å²) in [7, 11) is 4.20. The number of rotatable bonds is 2. The van der Waals surface area contributed by atoms with Crippen LogP contribution in [0.15, 0.2) is 29.5 Å². The molecular formula is C14H20ClCuN4S. The van der Waals surface area contributed by atoms with Crippen LogP contribution in [0.25, 0.3) is 0 Å². The van der Waals surface area contributed by atoms with E-state index in [1.165, 1.54) is 25.7 Å². The van der Waals surface area contributed by atoms with Crippen molar-refractivity contribution in [3.05, 3.63) is 30.1 Å². The molecule has 1 aliphatic heterocycles.